The van der Waals surface area contributed by atoms with Gasteiger partial charge in [0, 0.05) is 5.39 Å². The largest absolute Gasteiger partial charge is 0.457 e. The lowest BCUT2D eigenvalue weighted by molar-refractivity contribution is 0.212. The smallest absolute Gasteiger partial charge is 0.299 e. The zero-order valence-corrected chi connectivity index (χ0v) is 12.3. The van der Waals surface area contributed by atoms with Crippen molar-refractivity contribution in [1.82, 2.24) is 0 Å². The van der Waals surface area contributed by atoms with Crippen LogP contribution in [-0.4, -0.2) is 18.1 Å². The highest BCUT2D eigenvalue weighted by atomic mass is 32.2. The van der Waals surface area contributed by atoms with Gasteiger partial charge in [0.1, 0.15) is 5.58 Å². The fourth-order valence-corrected chi connectivity index (χ4v) is 2.79. The molecular weight excluding hydrogens is 304 g/mol. The normalized spacial score (nSPS) is 13.4. The summed E-state index contributed by atoms with van der Waals surface area (Å²) >= 11 is 0. The van der Waals surface area contributed by atoms with E-state index in [2.05, 4.69) is 0 Å². The monoisotopic (exact) mass is 318 g/mol. The van der Waals surface area contributed by atoms with Crippen molar-refractivity contribution in [3.05, 3.63) is 71.5 Å². The van der Waals surface area contributed by atoms with Crippen LogP contribution in [0.5, 0.6) is 0 Å². The third-order valence-electron chi connectivity index (χ3n) is 3.43. The Labute approximate surface area is 127 Å². The van der Waals surface area contributed by atoms with Crippen molar-refractivity contribution in [2.75, 3.05) is 0 Å². The summed E-state index contributed by atoms with van der Waals surface area (Å²) in [6.07, 6.45) is 0.652. The second-order valence-electron chi connectivity index (χ2n) is 5.01. The minimum Gasteiger partial charge on any atom is -0.457 e. The van der Waals surface area contributed by atoms with Gasteiger partial charge >= 0.3 is 0 Å². The van der Waals surface area contributed by atoms with Gasteiger partial charge in [0.15, 0.2) is 5.76 Å². The van der Waals surface area contributed by atoms with Crippen LogP contribution in [0.2, 0.25) is 0 Å². The van der Waals surface area contributed by atoms with Crippen molar-refractivity contribution in [3.63, 3.8) is 0 Å². The zero-order chi connectivity index (χ0) is 15.7. The second-order valence-corrected chi connectivity index (χ2v) is 6.48. The predicted octanol–water partition coefficient (Wildman–Crippen LogP) is 2.90. The van der Waals surface area contributed by atoms with E-state index < -0.39 is 15.6 Å². The molecule has 0 bridgehead atoms. The van der Waals surface area contributed by atoms with E-state index in [1.165, 1.54) is 6.07 Å². The number of hydrogen-bond acceptors (Lipinski definition) is 4. The number of benzene rings is 2. The molecular formula is C16H14O5S. The summed E-state index contributed by atoms with van der Waals surface area (Å²) in [5.41, 5.74) is 0.435. The van der Waals surface area contributed by atoms with Gasteiger partial charge in [-0.1, -0.05) is 42.5 Å². The fourth-order valence-electron chi connectivity index (χ4n) is 2.38. The highest BCUT2D eigenvalue weighted by Crippen LogP contribution is 2.29. The summed E-state index contributed by atoms with van der Waals surface area (Å²) in [5.74, 6) is -0.196. The Kier molecular flexibility index (Phi) is 3.74. The topological polar surface area (TPSA) is 87.7 Å². The zero-order valence-electron chi connectivity index (χ0n) is 11.5. The number of aliphatic hydroxyl groups is 1. The molecule has 1 atom stereocenters. The molecule has 2 N–H and O–H groups in total. The van der Waals surface area contributed by atoms with E-state index in [-0.39, 0.29) is 5.76 Å². The van der Waals surface area contributed by atoms with Crippen LogP contribution in [-0.2, 0) is 16.5 Å². The average Bonchev–Trinajstić information content (AvgIpc) is 2.91. The summed E-state index contributed by atoms with van der Waals surface area (Å²) in [7, 11) is -4.61. The number of aliphatic hydroxyl groups excluding tert-OH is 1. The molecule has 2 aromatic carbocycles. The first-order valence-corrected chi connectivity index (χ1v) is 8.15. The standard InChI is InChI=1S/C16H14O5S/c17-16(22(18,19)20)15-10-13-12(7-4-8-14(13)21-15)9-11-5-2-1-3-6-11/h1-8,10,16-17H,9H2,(H,18,19,20). The summed E-state index contributed by atoms with van der Waals surface area (Å²) < 4.78 is 36.3. The van der Waals surface area contributed by atoms with Gasteiger partial charge in [-0.3, -0.25) is 4.55 Å². The van der Waals surface area contributed by atoms with Crippen molar-refractivity contribution < 1.29 is 22.5 Å². The van der Waals surface area contributed by atoms with Crippen LogP contribution in [0, 0.1) is 0 Å². The molecule has 3 rings (SSSR count). The predicted molar refractivity (Wildman–Crippen MR) is 82.0 cm³/mol. The molecule has 0 amide bonds. The molecule has 1 aromatic heterocycles. The van der Waals surface area contributed by atoms with E-state index in [4.69, 9.17) is 8.97 Å². The lowest BCUT2D eigenvalue weighted by Crippen LogP contribution is -2.10. The van der Waals surface area contributed by atoms with Gasteiger partial charge < -0.3 is 9.52 Å². The van der Waals surface area contributed by atoms with Gasteiger partial charge in [-0.2, -0.15) is 8.42 Å². The molecule has 5 nitrogen and oxygen atoms in total. The molecule has 0 saturated carbocycles. The van der Waals surface area contributed by atoms with Gasteiger partial charge in [-0.15, -0.1) is 0 Å². The first kappa shape index (κ1) is 14.8. The maximum Gasteiger partial charge on any atom is 0.299 e. The Balaban J connectivity index is 2.04. The number of fused-ring (bicyclic) bond motifs is 1. The molecule has 6 heteroatoms. The van der Waals surface area contributed by atoms with Crippen LogP contribution in [0.1, 0.15) is 22.3 Å². The minimum absolute atomic E-state index is 0.196. The third-order valence-corrected chi connectivity index (χ3v) is 4.23. The van der Waals surface area contributed by atoms with Crippen LogP contribution >= 0.6 is 0 Å². The Bertz CT molecular complexity index is 897. The highest BCUT2D eigenvalue weighted by Gasteiger charge is 2.26. The van der Waals surface area contributed by atoms with Crippen LogP contribution in [0.15, 0.2) is 59.0 Å². The van der Waals surface area contributed by atoms with Gasteiger partial charge in [0.25, 0.3) is 10.1 Å². The molecule has 3 aromatic rings. The van der Waals surface area contributed by atoms with Crippen molar-refractivity contribution in [2.24, 2.45) is 0 Å². The quantitative estimate of drug-likeness (QED) is 0.722. The molecule has 0 aliphatic heterocycles. The second kappa shape index (κ2) is 5.57. The first-order valence-electron chi connectivity index (χ1n) is 6.65. The molecule has 0 aliphatic rings. The van der Waals surface area contributed by atoms with Gasteiger partial charge in [-0.25, -0.2) is 0 Å². The van der Waals surface area contributed by atoms with E-state index in [0.717, 1.165) is 11.1 Å². The Morgan fingerprint density at radius 1 is 1.05 bits per heavy atom. The molecule has 1 unspecified atom stereocenters. The summed E-state index contributed by atoms with van der Waals surface area (Å²) in [4.78, 5) is 0. The summed E-state index contributed by atoms with van der Waals surface area (Å²) in [5, 5.41) is 10.3. The van der Waals surface area contributed by atoms with Crippen molar-refractivity contribution in [1.29, 1.82) is 0 Å². The SMILES string of the molecule is O=S(=O)(O)C(O)c1cc2c(Cc3ccccc3)cccc2o1. The number of rotatable bonds is 4. The van der Waals surface area contributed by atoms with E-state index >= 15 is 0 Å². The van der Waals surface area contributed by atoms with Crippen molar-refractivity contribution in [3.8, 4) is 0 Å². The molecule has 0 radical (unpaired) electrons. The summed E-state index contributed by atoms with van der Waals surface area (Å²) in [6.45, 7) is 0. The number of hydrogen-bond donors (Lipinski definition) is 2. The summed E-state index contributed by atoms with van der Waals surface area (Å²) in [6, 6.07) is 16.6. The molecule has 0 aliphatic carbocycles. The van der Waals surface area contributed by atoms with E-state index in [1.807, 2.05) is 36.4 Å². The Morgan fingerprint density at radius 2 is 1.77 bits per heavy atom. The molecule has 0 saturated heterocycles. The molecule has 1 heterocycles. The maximum atomic E-state index is 11.0. The molecule has 114 valence electrons. The Hall–Kier alpha value is -2.15. The van der Waals surface area contributed by atoms with Gasteiger partial charge in [0.05, 0.1) is 0 Å². The van der Waals surface area contributed by atoms with Crippen molar-refractivity contribution >= 4 is 21.1 Å². The van der Waals surface area contributed by atoms with Crippen LogP contribution < -0.4 is 0 Å². The van der Waals surface area contributed by atoms with Crippen LogP contribution in [0.3, 0.4) is 0 Å². The Morgan fingerprint density at radius 3 is 2.45 bits per heavy atom. The molecule has 0 spiro atoms. The van der Waals surface area contributed by atoms with Gasteiger partial charge in [-0.05, 0) is 29.7 Å². The minimum atomic E-state index is -4.61. The van der Waals surface area contributed by atoms with Crippen LogP contribution in [0.25, 0.3) is 11.0 Å². The van der Waals surface area contributed by atoms with E-state index in [9.17, 15) is 13.5 Å². The van der Waals surface area contributed by atoms with Crippen molar-refractivity contribution in [2.45, 2.75) is 11.9 Å². The lowest BCUT2D eigenvalue weighted by atomic mass is 10.0. The van der Waals surface area contributed by atoms with Crippen LogP contribution in [0.4, 0.5) is 0 Å². The van der Waals surface area contributed by atoms with E-state index in [0.29, 0.717) is 17.4 Å². The lowest BCUT2D eigenvalue weighted by Gasteiger charge is -2.02. The number of furan rings is 1. The molecule has 22 heavy (non-hydrogen) atoms. The molecule has 0 fully saturated rings. The fraction of sp³-hybridized carbons (Fsp3) is 0.125. The van der Waals surface area contributed by atoms with Gasteiger partial charge in [0.2, 0.25) is 5.44 Å². The average molecular weight is 318 g/mol. The maximum absolute atomic E-state index is 11.0. The third kappa shape index (κ3) is 2.89. The van der Waals surface area contributed by atoms with E-state index in [1.54, 1.807) is 12.1 Å². The highest BCUT2D eigenvalue weighted by molar-refractivity contribution is 7.85. The first-order chi connectivity index (χ1) is 10.4.